The first-order valence-electron chi connectivity index (χ1n) is 5.17. The molecule has 2 fully saturated rings. The van der Waals surface area contributed by atoms with Crippen molar-refractivity contribution in [3.8, 4) is 0 Å². The van der Waals surface area contributed by atoms with Gasteiger partial charge in [-0.05, 0) is 36.4 Å². The summed E-state index contributed by atoms with van der Waals surface area (Å²) in [5, 5.41) is 7.06. The van der Waals surface area contributed by atoms with Crippen molar-refractivity contribution in [1.29, 1.82) is 0 Å². The normalized spacial score (nSPS) is 36.1. The second-order valence-electron chi connectivity index (χ2n) is 4.23. The number of nitrogens with one attached hydrogen (secondary N) is 1. The summed E-state index contributed by atoms with van der Waals surface area (Å²) < 4.78 is 5.11. The lowest BCUT2D eigenvalue weighted by atomic mass is 9.94. The molecule has 1 saturated heterocycles. The van der Waals surface area contributed by atoms with Gasteiger partial charge in [0.2, 0.25) is 5.89 Å². The van der Waals surface area contributed by atoms with Gasteiger partial charge in [0.15, 0.2) is 0 Å². The Morgan fingerprint density at radius 3 is 3.14 bits per heavy atom. The predicted octanol–water partition coefficient (Wildman–Crippen LogP) is 0.712. The van der Waals surface area contributed by atoms with E-state index >= 15 is 0 Å². The van der Waals surface area contributed by atoms with Gasteiger partial charge in [-0.15, -0.1) is 0 Å². The summed E-state index contributed by atoms with van der Waals surface area (Å²) >= 11 is 0. The fraction of sp³-hybridized carbons (Fsp3) is 0.778. The maximum absolute atomic E-state index is 5.44. The highest BCUT2D eigenvalue weighted by molar-refractivity contribution is 5.14. The van der Waals surface area contributed by atoms with E-state index in [1.807, 2.05) is 0 Å². The lowest BCUT2D eigenvalue weighted by Gasteiger charge is -2.12. The van der Waals surface area contributed by atoms with Crippen LogP contribution in [0, 0.1) is 11.8 Å². The summed E-state index contributed by atoms with van der Waals surface area (Å²) in [4.78, 5) is 4.09. The maximum Gasteiger partial charge on any atom is 0.260 e. The van der Waals surface area contributed by atoms with E-state index in [0.29, 0.717) is 11.8 Å². The van der Waals surface area contributed by atoms with Gasteiger partial charge in [0.05, 0.1) is 6.04 Å². The fourth-order valence-corrected chi connectivity index (χ4v) is 2.83. The molecule has 0 aromatic carbocycles. The van der Waals surface area contributed by atoms with Crippen LogP contribution in [0.1, 0.15) is 31.2 Å². The molecule has 1 aromatic rings. The van der Waals surface area contributed by atoms with Gasteiger partial charge < -0.3 is 15.6 Å². The van der Waals surface area contributed by atoms with Crippen LogP contribution in [0.2, 0.25) is 0 Å². The number of nitrogens with zero attached hydrogens (tertiary/aromatic N) is 2. The first-order valence-corrected chi connectivity index (χ1v) is 5.17. The molecule has 3 atom stereocenters. The highest BCUT2D eigenvalue weighted by Crippen LogP contribution is 2.43. The molecule has 2 aliphatic rings. The van der Waals surface area contributed by atoms with Crippen LogP contribution in [0.5, 0.6) is 0 Å². The third-order valence-electron chi connectivity index (χ3n) is 3.47. The van der Waals surface area contributed by atoms with Crippen molar-refractivity contribution >= 4 is 5.95 Å². The van der Waals surface area contributed by atoms with Crippen molar-refractivity contribution in [2.75, 3.05) is 12.3 Å². The second-order valence-corrected chi connectivity index (χ2v) is 4.23. The van der Waals surface area contributed by atoms with E-state index in [9.17, 15) is 0 Å². The molecule has 1 aliphatic heterocycles. The zero-order valence-electron chi connectivity index (χ0n) is 7.94. The number of aromatic nitrogens is 2. The number of anilines is 1. The molecule has 3 N–H and O–H groups in total. The average Bonchev–Trinajstić information content (AvgIpc) is 2.77. The van der Waals surface area contributed by atoms with E-state index < -0.39 is 0 Å². The molecular weight excluding hydrogens is 180 g/mol. The molecule has 0 bridgehead atoms. The Morgan fingerprint density at radius 2 is 2.36 bits per heavy atom. The van der Waals surface area contributed by atoms with Crippen molar-refractivity contribution in [2.24, 2.45) is 11.8 Å². The van der Waals surface area contributed by atoms with Crippen molar-refractivity contribution in [2.45, 2.75) is 25.3 Å². The standard InChI is InChI=1S/C9H14N4O/c10-9-12-8(14-13-9)7-6-3-1-2-5(6)4-11-7/h5-7,11H,1-4H2,(H2,10,13). The van der Waals surface area contributed by atoms with Crippen LogP contribution in [0.3, 0.4) is 0 Å². The molecule has 0 radical (unpaired) electrons. The van der Waals surface area contributed by atoms with Crippen LogP contribution in [-0.2, 0) is 0 Å². The predicted molar refractivity (Wildman–Crippen MR) is 50.3 cm³/mol. The Bertz CT molecular complexity index is 337. The molecular formula is C9H14N4O. The fourth-order valence-electron chi connectivity index (χ4n) is 2.83. The molecule has 14 heavy (non-hydrogen) atoms. The molecule has 1 aliphatic carbocycles. The van der Waals surface area contributed by atoms with Gasteiger partial charge >= 0.3 is 0 Å². The van der Waals surface area contributed by atoms with Crippen molar-refractivity contribution in [3.63, 3.8) is 0 Å². The SMILES string of the molecule is Nc1noc(C2NCC3CCCC32)n1. The summed E-state index contributed by atoms with van der Waals surface area (Å²) in [7, 11) is 0. The Balaban J connectivity index is 1.85. The number of hydrogen-bond donors (Lipinski definition) is 2. The lowest BCUT2D eigenvalue weighted by molar-refractivity contribution is 0.302. The van der Waals surface area contributed by atoms with Crippen LogP contribution in [-0.4, -0.2) is 16.7 Å². The molecule has 76 valence electrons. The highest BCUT2D eigenvalue weighted by atomic mass is 16.5. The van der Waals surface area contributed by atoms with E-state index in [1.54, 1.807) is 0 Å². The van der Waals surface area contributed by atoms with E-state index in [-0.39, 0.29) is 12.0 Å². The van der Waals surface area contributed by atoms with Crippen molar-refractivity contribution in [3.05, 3.63) is 5.89 Å². The van der Waals surface area contributed by atoms with Gasteiger partial charge in [-0.1, -0.05) is 6.42 Å². The zero-order chi connectivity index (χ0) is 9.54. The van der Waals surface area contributed by atoms with Crippen LogP contribution in [0.15, 0.2) is 4.52 Å². The summed E-state index contributed by atoms with van der Waals surface area (Å²) in [6, 6.07) is 0.243. The molecule has 5 heteroatoms. The second kappa shape index (κ2) is 2.95. The van der Waals surface area contributed by atoms with Gasteiger partial charge in [-0.25, -0.2) is 0 Å². The Kier molecular flexibility index (Phi) is 1.73. The van der Waals surface area contributed by atoms with Gasteiger partial charge in [0.25, 0.3) is 5.95 Å². The van der Waals surface area contributed by atoms with Crippen LogP contribution < -0.4 is 11.1 Å². The minimum atomic E-state index is 0.239. The molecule has 0 spiro atoms. The van der Waals surface area contributed by atoms with Crippen molar-refractivity contribution in [1.82, 2.24) is 15.5 Å². The summed E-state index contributed by atoms with van der Waals surface area (Å²) in [5.74, 6) is 2.38. The van der Waals surface area contributed by atoms with Gasteiger partial charge in [-0.2, -0.15) is 4.98 Å². The first-order chi connectivity index (χ1) is 6.84. The quantitative estimate of drug-likeness (QED) is 0.688. The lowest BCUT2D eigenvalue weighted by Crippen LogP contribution is -2.18. The summed E-state index contributed by atoms with van der Waals surface area (Å²) in [6.07, 6.45) is 3.93. The molecule has 3 unspecified atom stereocenters. The van der Waals surface area contributed by atoms with E-state index in [0.717, 1.165) is 12.5 Å². The number of nitrogens with two attached hydrogens (primary N) is 1. The number of fused-ring (bicyclic) bond motifs is 1. The average molecular weight is 194 g/mol. The first kappa shape index (κ1) is 8.23. The molecule has 1 aromatic heterocycles. The summed E-state index contributed by atoms with van der Waals surface area (Å²) in [6.45, 7) is 1.08. The van der Waals surface area contributed by atoms with E-state index in [1.165, 1.54) is 19.3 Å². The highest BCUT2D eigenvalue weighted by Gasteiger charge is 2.42. The third-order valence-corrected chi connectivity index (χ3v) is 3.47. The zero-order valence-corrected chi connectivity index (χ0v) is 7.94. The number of nitrogen functional groups attached to an aromatic ring is 1. The Labute approximate surface area is 82.0 Å². The Hall–Kier alpha value is -1.10. The van der Waals surface area contributed by atoms with Crippen LogP contribution in [0.25, 0.3) is 0 Å². The monoisotopic (exact) mass is 194 g/mol. The van der Waals surface area contributed by atoms with Crippen molar-refractivity contribution < 1.29 is 4.52 Å². The Morgan fingerprint density at radius 1 is 1.43 bits per heavy atom. The maximum atomic E-state index is 5.44. The molecule has 5 nitrogen and oxygen atoms in total. The van der Waals surface area contributed by atoms with E-state index in [4.69, 9.17) is 10.3 Å². The molecule has 0 amide bonds. The largest absolute Gasteiger partial charge is 0.365 e. The number of rotatable bonds is 1. The van der Waals surface area contributed by atoms with Gasteiger partial charge in [0, 0.05) is 0 Å². The smallest absolute Gasteiger partial charge is 0.260 e. The molecule has 3 rings (SSSR count). The summed E-state index contributed by atoms with van der Waals surface area (Å²) in [5.41, 5.74) is 5.44. The third kappa shape index (κ3) is 1.12. The van der Waals surface area contributed by atoms with Crippen LogP contribution in [0.4, 0.5) is 5.95 Å². The molecule has 2 heterocycles. The van der Waals surface area contributed by atoms with Crippen LogP contribution >= 0.6 is 0 Å². The number of hydrogen-bond acceptors (Lipinski definition) is 5. The minimum Gasteiger partial charge on any atom is -0.365 e. The van der Waals surface area contributed by atoms with Gasteiger partial charge in [0.1, 0.15) is 0 Å². The molecule has 1 saturated carbocycles. The minimum absolute atomic E-state index is 0.239. The van der Waals surface area contributed by atoms with E-state index in [2.05, 4.69) is 15.5 Å². The topological polar surface area (TPSA) is 77.0 Å². The van der Waals surface area contributed by atoms with Gasteiger partial charge in [-0.3, -0.25) is 0 Å².